The van der Waals surface area contributed by atoms with Crippen LogP contribution in [0.3, 0.4) is 0 Å². The van der Waals surface area contributed by atoms with Gasteiger partial charge in [0.15, 0.2) is 5.60 Å². The van der Waals surface area contributed by atoms with Gasteiger partial charge >= 0.3 is 17.9 Å². The van der Waals surface area contributed by atoms with Crippen molar-refractivity contribution in [3.63, 3.8) is 0 Å². The molecule has 0 bridgehead atoms. The average molecular weight is 690 g/mol. The molecule has 0 aliphatic carbocycles. The Balaban J connectivity index is 2.94. The molecule has 0 aromatic heterocycles. The highest BCUT2D eigenvalue weighted by molar-refractivity contribution is 5.95. The number of carbonyl (C=O) groups excluding carboxylic acids is 5. The molecular formula is C38H59NO10. The smallest absolute Gasteiger partial charge is 0.340 e. The van der Waals surface area contributed by atoms with Crippen LogP contribution in [0.1, 0.15) is 123 Å². The number of aliphatic hydroxyl groups is 1. The molecule has 0 radical (unpaired) electrons. The fourth-order valence-electron chi connectivity index (χ4n) is 5.42. The van der Waals surface area contributed by atoms with Crippen LogP contribution in [-0.4, -0.2) is 71.8 Å². The van der Waals surface area contributed by atoms with Gasteiger partial charge < -0.3 is 29.7 Å². The second-order valence-electron chi connectivity index (χ2n) is 12.9. The molecule has 0 aliphatic rings. The van der Waals surface area contributed by atoms with Crippen molar-refractivity contribution in [2.24, 2.45) is 5.92 Å². The third kappa shape index (κ3) is 17.5. The van der Waals surface area contributed by atoms with Crippen LogP contribution >= 0.6 is 0 Å². The van der Waals surface area contributed by atoms with Crippen LogP contribution < -0.4 is 5.32 Å². The summed E-state index contributed by atoms with van der Waals surface area (Å²) < 4.78 is 14.9. The van der Waals surface area contributed by atoms with Crippen LogP contribution in [0, 0.1) is 5.92 Å². The number of hydrogen-bond donors (Lipinski definition) is 3. The van der Waals surface area contributed by atoms with Crippen molar-refractivity contribution in [2.75, 3.05) is 14.2 Å². The van der Waals surface area contributed by atoms with Gasteiger partial charge in [-0.2, -0.15) is 0 Å². The van der Waals surface area contributed by atoms with E-state index in [1.807, 2.05) is 0 Å². The number of ketones is 1. The molecule has 1 amide bonds. The normalized spacial score (nSPS) is 13.8. The summed E-state index contributed by atoms with van der Waals surface area (Å²) in [5.41, 5.74) is -2.04. The molecule has 3 atom stereocenters. The summed E-state index contributed by atoms with van der Waals surface area (Å²) >= 11 is 0. The van der Waals surface area contributed by atoms with Gasteiger partial charge in [-0.15, -0.1) is 0 Å². The lowest BCUT2D eigenvalue weighted by Gasteiger charge is -2.32. The van der Waals surface area contributed by atoms with Gasteiger partial charge in [-0.25, -0.2) is 9.59 Å². The number of rotatable bonds is 26. The number of methoxy groups -OCH3 is 2. The minimum absolute atomic E-state index is 0.0114. The number of Topliss-reactive ketones (excluding diaryl/α,β-unsaturated/α-hetero) is 1. The number of benzene rings is 1. The number of nitrogens with one attached hydrogen (secondary N) is 1. The zero-order valence-corrected chi connectivity index (χ0v) is 30.2. The predicted octanol–water partition coefficient (Wildman–Crippen LogP) is 6.06. The first-order valence-corrected chi connectivity index (χ1v) is 17.7. The topological polar surface area (TPSA) is 166 Å². The predicted molar refractivity (Wildman–Crippen MR) is 187 cm³/mol. The first kappa shape index (κ1) is 43.3. The number of amides is 1. The zero-order chi connectivity index (χ0) is 36.7. The van der Waals surface area contributed by atoms with E-state index in [1.54, 1.807) is 32.1 Å². The number of aromatic hydroxyl groups is 1. The Morgan fingerprint density at radius 1 is 0.837 bits per heavy atom. The minimum atomic E-state index is -2.65. The molecule has 1 aromatic carbocycles. The van der Waals surface area contributed by atoms with Crippen molar-refractivity contribution >= 4 is 29.6 Å². The molecule has 276 valence electrons. The molecule has 0 fully saturated rings. The van der Waals surface area contributed by atoms with E-state index in [4.69, 9.17) is 14.2 Å². The second kappa shape index (κ2) is 24.4. The maximum absolute atomic E-state index is 13.8. The monoisotopic (exact) mass is 689 g/mol. The summed E-state index contributed by atoms with van der Waals surface area (Å²) in [4.78, 5) is 64.3. The van der Waals surface area contributed by atoms with Gasteiger partial charge in [0.05, 0.1) is 32.7 Å². The molecule has 11 nitrogen and oxygen atoms in total. The van der Waals surface area contributed by atoms with E-state index < -0.39 is 53.9 Å². The first-order valence-electron chi connectivity index (χ1n) is 17.7. The van der Waals surface area contributed by atoms with Crippen molar-refractivity contribution in [1.29, 1.82) is 0 Å². The van der Waals surface area contributed by atoms with Crippen molar-refractivity contribution < 1.29 is 48.4 Å². The number of hydrogen-bond acceptors (Lipinski definition) is 10. The Kier molecular flexibility index (Phi) is 21.6. The number of ether oxygens (including phenoxy) is 3. The molecule has 11 heteroatoms. The number of unbranched alkanes of at least 4 members (excludes halogenated alkanes) is 10. The first-order chi connectivity index (χ1) is 23.4. The van der Waals surface area contributed by atoms with E-state index in [1.165, 1.54) is 50.3 Å². The molecule has 0 saturated heterocycles. The van der Waals surface area contributed by atoms with E-state index in [2.05, 4.69) is 12.2 Å². The van der Waals surface area contributed by atoms with Crippen LogP contribution in [0.25, 0.3) is 0 Å². The summed E-state index contributed by atoms with van der Waals surface area (Å²) in [6.07, 6.45) is 14.6. The highest BCUT2D eigenvalue weighted by Gasteiger charge is 2.50. The van der Waals surface area contributed by atoms with Gasteiger partial charge in [0, 0.05) is 19.3 Å². The number of carbonyl (C=O) groups is 5. The van der Waals surface area contributed by atoms with E-state index in [9.17, 15) is 34.2 Å². The molecule has 1 rings (SSSR count). The maximum atomic E-state index is 13.8. The quantitative estimate of drug-likeness (QED) is 0.0451. The highest BCUT2D eigenvalue weighted by Crippen LogP contribution is 2.28. The number of phenolic OH excluding ortho intramolecular Hbond substituents is 1. The third-order valence-corrected chi connectivity index (χ3v) is 8.28. The van der Waals surface area contributed by atoms with Crippen LogP contribution in [0.4, 0.5) is 0 Å². The lowest BCUT2D eigenvalue weighted by Crippen LogP contribution is -2.56. The maximum Gasteiger partial charge on any atom is 0.340 e. The summed E-state index contributed by atoms with van der Waals surface area (Å²) in [7, 11) is 2.26. The van der Waals surface area contributed by atoms with Crippen LogP contribution in [0.15, 0.2) is 36.4 Å². The fourth-order valence-corrected chi connectivity index (χ4v) is 5.42. The Hall–Kier alpha value is -3.73. The largest absolute Gasteiger partial charge is 0.508 e. The summed E-state index contributed by atoms with van der Waals surface area (Å²) in [5, 5.41) is 23.9. The summed E-state index contributed by atoms with van der Waals surface area (Å²) in [6, 6.07) is 4.81. The number of esters is 3. The molecule has 0 heterocycles. The van der Waals surface area contributed by atoms with Crippen LogP contribution in [-0.2, 0) is 44.6 Å². The lowest BCUT2D eigenvalue weighted by molar-refractivity contribution is -0.181. The molecular weight excluding hydrogens is 630 g/mol. The van der Waals surface area contributed by atoms with E-state index >= 15 is 0 Å². The van der Waals surface area contributed by atoms with Crippen molar-refractivity contribution in [2.45, 2.75) is 141 Å². The second-order valence-corrected chi connectivity index (χ2v) is 12.9. The Bertz CT molecular complexity index is 1180. The van der Waals surface area contributed by atoms with Crippen LogP contribution in [0.2, 0.25) is 0 Å². The van der Waals surface area contributed by atoms with Gasteiger partial charge in [0.2, 0.25) is 5.91 Å². The minimum Gasteiger partial charge on any atom is -0.508 e. The number of allylic oxidation sites excluding steroid dienone is 1. The van der Waals surface area contributed by atoms with E-state index in [0.29, 0.717) is 30.6 Å². The molecule has 0 unspecified atom stereocenters. The molecule has 49 heavy (non-hydrogen) atoms. The van der Waals surface area contributed by atoms with E-state index in [-0.39, 0.29) is 12.2 Å². The van der Waals surface area contributed by atoms with E-state index in [0.717, 1.165) is 52.7 Å². The average Bonchev–Trinajstić information content (AvgIpc) is 3.06. The standard InChI is InChI=1S/C38H59NO10/c1-6-7-8-9-10-13-16-19-30(40)20-17-14-11-12-15-18-21-32(38(46,27-34(42)47-4)37(45)49-28(2)3)35(43)39-33(36(44)48-5)26-29-22-24-31(41)25-23-29/h18,21-25,28,32-33,41,46H,6-17,19-20,26-27H2,1-5H3,(H,39,43)/b21-18+/t32-,33-,38+/m0/s1. The van der Waals surface area contributed by atoms with Crippen LogP contribution in [0.5, 0.6) is 5.75 Å². The number of phenols is 1. The van der Waals surface area contributed by atoms with Gasteiger partial charge in [-0.05, 0) is 57.2 Å². The summed E-state index contributed by atoms with van der Waals surface area (Å²) in [5.74, 6) is -5.11. The Morgan fingerprint density at radius 2 is 1.41 bits per heavy atom. The highest BCUT2D eigenvalue weighted by atomic mass is 16.6. The van der Waals surface area contributed by atoms with Gasteiger partial charge in [-0.3, -0.25) is 14.4 Å². The lowest BCUT2D eigenvalue weighted by atomic mass is 9.82. The van der Waals surface area contributed by atoms with Gasteiger partial charge in [-0.1, -0.05) is 82.6 Å². The molecule has 3 N–H and O–H groups in total. The van der Waals surface area contributed by atoms with Crippen molar-refractivity contribution in [3.05, 3.63) is 42.0 Å². The van der Waals surface area contributed by atoms with Crippen molar-refractivity contribution in [3.8, 4) is 5.75 Å². The molecule has 0 aliphatic heterocycles. The Morgan fingerprint density at radius 3 is 1.96 bits per heavy atom. The van der Waals surface area contributed by atoms with Crippen molar-refractivity contribution in [1.82, 2.24) is 5.32 Å². The van der Waals surface area contributed by atoms with Gasteiger partial charge in [0.25, 0.3) is 0 Å². The SMILES string of the molecule is CCCCCCCCCC(=O)CCCCCC/C=C/[C@@H](C(=O)N[C@@H](Cc1ccc(O)cc1)C(=O)OC)[C@](O)(CC(=O)OC)C(=O)OC(C)C. The molecule has 0 spiro atoms. The third-order valence-electron chi connectivity index (χ3n) is 8.28. The van der Waals surface area contributed by atoms with Gasteiger partial charge in [0.1, 0.15) is 17.6 Å². The Labute approximate surface area is 292 Å². The summed E-state index contributed by atoms with van der Waals surface area (Å²) in [6.45, 7) is 5.33. The molecule has 0 saturated carbocycles. The molecule has 1 aromatic rings. The fraction of sp³-hybridized carbons (Fsp3) is 0.658. The zero-order valence-electron chi connectivity index (χ0n) is 30.2.